The van der Waals surface area contributed by atoms with Gasteiger partial charge in [-0.1, -0.05) is 45.0 Å². The minimum atomic E-state index is -1.09. The number of pyridine rings is 1. The Morgan fingerprint density at radius 3 is 2.35 bits per heavy atom. The molecule has 0 radical (unpaired) electrons. The second kappa shape index (κ2) is 9.79. The van der Waals surface area contributed by atoms with Crippen LogP contribution in [0.5, 0.6) is 0 Å². The van der Waals surface area contributed by atoms with E-state index < -0.39 is 5.60 Å². The van der Waals surface area contributed by atoms with Gasteiger partial charge in [-0.05, 0) is 67.3 Å². The molecule has 5 nitrogen and oxygen atoms in total. The molecule has 2 aromatic rings. The normalized spacial score (nSPS) is 20.7. The van der Waals surface area contributed by atoms with Crippen molar-refractivity contribution in [2.45, 2.75) is 64.9 Å². The van der Waals surface area contributed by atoms with E-state index >= 15 is 0 Å². The summed E-state index contributed by atoms with van der Waals surface area (Å²) in [4.78, 5) is 20.4. The molecular formula is C29H41N3O2. The van der Waals surface area contributed by atoms with Crippen LogP contribution in [-0.2, 0) is 16.8 Å². The van der Waals surface area contributed by atoms with Gasteiger partial charge in [0.2, 0.25) is 5.91 Å². The fourth-order valence-corrected chi connectivity index (χ4v) is 6.08. The molecule has 2 fully saturated rings. The molecule has 34 heavy (non-hydrogen) atoms. The predicted molar refractivity (Wildman–Crippen MR) is 137 cm³/mol. The van der Waals surface area contributed by atoms with Gasteiger partial charge in [0, 0.05) is 56.5 Å². The summed E-state index contributed by atoms with van der Waals surface area (Å²) in [5.41, 5.74) is 2.93. The first-order chi connectivity index (χ1) is 16.1. The minimum Gasteiger partial charge on any atom is -0.380 e. The molecule has 1 amide bonds. The second-order valence-corrected chi connectivity index (χ2v) is 11.3. The number of carbonyl (C=O) groups is 1. The summed E-state index contributed by atoms with van der Waals surface area (Å²) in [5.74, 6) is 1.28. The Bertz CT molecular complexity index is 989. The number of aromatic nitrogens is 1. The topological polar surface area (TPSA) is 56.7 Å². The third-order valence-corrected chi connectivity index (χ3v) is 8.22. The molecule has 184 valence electrons. The van der Waals surface area contributed by atoms with Crippen LogP contribution in [0.15, 0.2) is 42.7 Å². The van der Waals surface area contributed by atoms with Gasteiger partial charge >= 0.3 is 0 Å². The standard InChI is InChI=1S/C29H41N3O2/c1-21(2)25-8-10-26(11-9-25)29(34,28(4)19-31(5)20-28)27-16-24(17-30-18-27)7-6-23-12-14-32(15-13-23)22(3)33/h8-11,16-18,21,23,34H,6-7,12-15,19-20H2,1-5H3. The lowest BCUT2D eigenvalue weighted by Crippen LogP contribution is -2.63. The molecule has 3 heterocycles. The van der Waals surface area contributed by atoms with E-state index in [1.807, 2.05) is 17.3 Å². The number of aryl methyl sites for hydroxylation is 1. The smallest absolute Gasteiger partial charge is 0.219 e. The number of hydrogen-bond donors (Lipinski definition) is 1. The summed E-state index contributed by atoms with van der Waals surface area (Å²) in [5, 5.41) is 12.4. The van der Waals surface area contributed by atoms with Gasteiger partial charge in [-0.25, -0.2) is 0 Å². The molecule has 2 saturated heterocycles. The highest BCUT2D eigenvalue weighted by molar-refractivity contribution is 5.73. The first-order valence-corrected chi connectivity index (χ1v) is 12.8. The number of rotatable bonds is 7. The zero-order valence-electron chi connectivity index (χ0n) is 21.6. The molecule has 5 heteroatoms. The van der Waals surface area contributed by atoms with E-state index in [1.54, 1.807) is 6.92 Å². The maximum Gasteiger partial charge on any atom is 0.219 e. The van der Waals surface area contributed by atoms with Crippen molar-refractivity contribution in [1.82, 2.24) is 14.8 Å². The maximum atomic E-state index is 12.4. The highest BCUT2D eigenvalue weighted by Crippen LogP contribution is 2.50. The van der Waals surface area contributed by atoms with Gasteiger partial charge in [0.1, 0.15) is 5.60 Å². The van der Waals surface area contributed by atoms with Crippen molar-refractivity contribution in [3.63, 3.8) is 0 Å². The van der Waals surface area contributed by atoms with Crippen LogP contribution in [0.4, 0.5) is 0 Å². The van der Waals surface area contributed by atoms with Gasteiger partial charge < -0.3 is 14.9 Å². The van der Waals surface area contributed by atoms with Crippen molar-refractivity contribution >= 4 is 5.91 Å². The Kier molecular flexibility index (Phi) is 7.16. The maximum absolute atomic E-state index is 12.4. The average Bonchev–Trinajstić information content (AvgIpc) is 2.81. The summed E-state index contributed by atoms with van der Waals surface area (Å²) >= 11 is 0. The first kappa shape index (κ1) is 24.9. The summed E-state index contributed by atoms with van der Waals surface area (Å²) in [7, 11) is 2.11. The molecule has 1 atom stereocenters. The quantitative estimate of drug-likeness (QED) is 0.653. The Morgan fingerprint density at radius 1 is 1.15 bits per heavy atom. The minimum absolute atomic E-state index is 0.186. The van der Waals surface area contributed by atoms with Crippen molar-refractivity contribution < 1.29 is 9.90 Å². The van der Waals surface area contributed by atoms with E-state index in [4.69, 9.17) is 0 Å². The van der Waals surface area contributed by atoms with E-state index in [9.17, 15) is 9.90 Å². The van der Waals surface area contributed by atoms with Crippen LogP contribution in [0.1, 0.15) is 75.1 Å². The number of nitrogens with zero attached hydrogens (tertiary/aromatic N) is 3. The highest BCUT2D eigenvalue weighted by Gasteiger charge is 2.55. The van der Waals surface area contributed by atoms with Crippen molar-refractivity contribution in [3.8, 4) is 0 Å². The number of hydrogen-bond acceptors (Lipinski definition) is 4. The Balaban J connectivity index is 1.56. The van der Waals surface area contributed by atoms with Gasteiger partial charge in [0.25, 0.3) is 0 Å². The lowest BCUT2D eigenvalue weighted by atomic mass is 9.62. The van der Waals surface area contributed by atoms with Crippen LogP contribution in [-0.4, -0.2) is 59.0 Å². The molecule has 0 aliphatic carbocycles. The molecule has 0 bridgehead atoms. The van der Waals surface area contributed by atoms with Gasteiger partial charge in [0.15, 0.2) is 0 Å². The lowest BCUT2D eigenvalue weighted by Gasteiger charge is -2.56. The van der Waals surface area contributed by atoms with Crippen LogP contribution in [0.2, 0.25) is 0 Å². The van der Waals surface area contributed by atoms with Crippen LogP contribution in [0.3, 0.4) is 0 Å². The number of likely N-dealkylation sites (tertiary alicyclic amines) is 2. The molecule has 2 aliphatic rings. The summed E-state index contributed by atoms with van der Waals surface area (Å²) < 4.78 is 0. The predicted octanol–water partition coefficient (Wildman–Crippen LogP) is 4.58. The summed E-state index contributed by atoms with van der Waals surface area (Å²) in [6, 6.07) is 10.7. The number of aliphatic hydroxyl groups is 1. The largest absolute Gasteiger partial charge is 0.380 e. The summed E-state index contributed by atoms with van der Waals surface area (Å²) in [6.07, 6.45) is 8.00. The van der Waals surface area contributed by atoms with Crippen LogP contribution < -0.4 is 0 Å². The highest BCUT2D eigenvalue weighted by atomic mass is 16.3. The van der Waals surface area contributed by atoms with E-state index in [-0.39, 0.29) is 11.3 Å². The fraction of sp³-hybridized carbons (Fsp3) is 0.586. The SMILES string of the molecule is CC(=O)N1CCC(CCc2cncc(C(O)(c3ccc(C(C)C)cc3)C3(C)CN(C)C3)c2)CC1. The third kappa shape index (κ3) is 4.78. The van der Waals surface area contributed by atoms with Crippen LogP contribution >= 0.6 is 0 Å². The number of amides is 1. The van der Waals surface area contributed by atoms with Crippen LogP contribution in [0, 0.1) is 11.3 Å². The average molecular weight is 464 g/mol. The number of piperidine rings is 1. The van der Waals surface area contributed by atoms with E-state index in [0.29, 0.717) is 11.8 Å². The molecule has 1 aromatic heterocycles. The molecule has 0 spiro atoms. The van der Waals surface area contributed by atoms with Gasteiger partial charge in [0.05, 0.1) is 0 Å². The Labute approximate surface area is 205 Å². The monoisotopic (exact) mass is 463 g/mol. The van der Waals surface area contributed by atoms with Gasteiger partial charge in [-0.3, -0.25) is 9.78 Å². The zero-order valence-corrected chi connectivity index (χ0v) is 21.6. The first-order valence-electron chi connectivity index (χ1n) is 12.8. The van der Waals surface area contributed by atoms with Crippen LogP contribution in [0.25, 0.3) is 0 Å². The molecular weight excluding hydrogens is 422 g/mol. The van der Waals surface area contributed by atoms with Crippen molar-refractivity contribution in [3.05, 3.63) is 65.0 Å². The number of benzene rings is 1. The Morgan fingerprint density at radius 2 is 1.79 bits per heavy atom. The second-order valence-electron chi connectivity index (χ2n) is 11.3. The van der Waals surface area contributed by atoms with Crippen molar-refractivity contribution in [1.29, 1.82) is 0 Å². The lowest BCUT2D eigenvalue weighted by molar-refractivity contribution is -0.130. The number of carbonyl (C=O) groups excluding carboxylic acids is 1. The third-order valence-electron chi connectivity index (χ3n) is 8.22. The van der Waals surface area contributed by atoms with Crippen molar-refractivity contribution in [2.24, 2.45) is 11.3 Å². The Hall–Kier alpha value is -2.24. The van der Waals surface area contributed by atoms with E-state index in [0.717, 1.165) is 63.0 Å². The summed E-state index contributed by atoms with van der Waals surface area (Å²) in [6.45, 7) is 11.7. The fourth-order valence-electron chi connectivity index (χ4n) is 6.08. The van der Waals surface area contributed by atoms with E-state index in [1.165, 1.54) is 11.1 Å². The van der Waals surface area contributed by atoms with Crippen molar-refractivity contribution in [2.75, 3.05) is 33.2 Å². The molecule has 4 rings (SSSR count). The molecule has 1 N–H and O–H groups in total. The zero-order chi connectivity index (χ0) is 24.5. The molecule has 1 unspecified atom stereocenters. The van der Waals surface area contributed by atoms with Gasteiger partial charge in [-0.15, -0.1) is 0 Å². The van der Waals surface area contributed by atoms with E-state index in [2.05, 4.69) is 68.0 Å². The molecule has 2 aliphatic heterocycles. The molecule has 1 aromatic carbocycles. The molecule has 0 saturated carbocycles. The van der Waals surface area contributed by atoms with Gasteiger partial charge in [-0.2, -0.15) is 0 Å².